The van der Waals surface area contributed by atoms with Gasteiger partial charge >= 0.3 is 0 Å². The second-order valence-corrected chi connectivity index (χ2v) is 7.39. The van der Waals surface area contributed by atoms with Gasteiger partial charge in [0, 0.05) is 18.7 Å². The smallest absolute Gasteiger partial charge is 0.123 e. The maximum atomic E-state index is 14.3. The fraction of sp³-hybridized carbons (Fsp3) is 0.458. The van der Waals surface area contributed by atoms with Crippen molar-refractivity contribution in [2.45, 2.75) is 52.9 Å². The van der Waals surface area contributed by atoms with E-state index in [2.05, 4.69) is 45.2 Å². The minimum absolute atomic E-state index is 0.267. The van der Waals surface area contributed by atoms with Gasteiger partial charge in [0.15, 0.2) is 0 Å². The van der Waals surface area contributed by atoms with Crippen LogP contribution in [0.1, 0.15) is 52.9 Å². The maximum Gasteiger partial charge on any atom is 0.123 e. The molecule has 1 atom stereocenters. The molecule has 0 aromatic carbocycles. The van der Waals surface area contributed by atoms with Crippen LogP contribution in [0.2, 0.25) is 0 Å². The highest BCUT2D eigenvalue weighted by atomic mass is 19.1. The van der Waals surface area contributed by atoms with Crippen molar-refractivity contribution in [3.63, 3.8) is 0 Å². The summed E-state index contributed by atoms with van der Waals surface area (Å²) < 4.78 is 14.3. The van der Waals surface area contributed by atoms with E-state index in [0.717, 1.165) is 42.5 Å². The van der Waals surface area contributed by atoms with Crippen molar-refractivity contribution in [3.8, 4) is 0 Å². The Morgan fingerprint density at radius 3 is 2.77 bits per heavy atom. The third kappa shape index (κ3) is 9.50. The molecule has 0 saturated carbocycles. The predicted molar refractivity (Wildman–Crippen MR) is 114 cm³/mol. The SMILES string of the molecule is C=CC1C/C=C\CC(C(/C=C(/F)C=CC(=C)C)=C/CCCC(C)C)=NC1. The van der Waals surface area contributed by atoms with Crippen LogP contribution in [-0.2, 0) is 0 Å². The van der Waals surface area contributed by atoms with Crippen molar-refractivity contribution in [1.29, 1.82) is 0 Å². The molecule has 26 heavy (non-hydrogen) atoms. The molecule has 142 valence electrons. The lowest BCUT2D eigenvalue weighted by molar-refractivity contribution is 0.559. The minimum atomic E-state index is -0.267. The van der Waals surface area contributed by atoms with E-state index in [0.29, 0.717) is 18.4 Å². The Morgan fingerprint density at radius 1 is 1.35 bits per heavy atom. The number of aliphatic imine (C=N–C) groups is 1. The topological polar surface area (TPSA) is 12.4 Å². The minimum Gasteiger partial charge on any atom is -0.288 e. The van der Waals surface area contributed by atoms with Crippen LogP contribution in [-0.4, -0.2) is 12.3 Å². The maximum absolute atomic E-state index is 14.3. The monoisotopic (exact) mass is 355 g/mol. The van der Waals surface area contributed by atoms with Gasteiger partial charge in [-0.3, -0.25) is 4.99 Å². The van der Waals surface area contributed by atoms with Gasteiger partial charge in [-0.25, -0.2) is 4.39 Å². The average Bonchev–Trinajstić information content (AvgIpc) is 2.56. The van der Waals surface area contributed by atoms with E-state index in [1.165, 1.54) is 12.5 Å². The third-order valence-corrected chi connectivity index (χ3v) is 4.27. The summed E-state index contributed by atoms with van der Waals surface area (Å²) in [6.45, 7) is 14.7. The third-order valence-electron chi connectivity index (χ3n) is 4.27. The Hall–Kier alpha value is -1.96. The molecule has 0 saturated heterocycles. The molecule has 1 rings (SSSR count). The van der Waals surface area contributed by atoms with Crippen LogP contribution in [0.25, 0.3) is 0 Å². The Bertz CT molecular complexity index is 614. The van der Waals surface area contributed by atoms with Gasteiger partial charge in [0.25, 0.3) is 0 Å². The molecular weight excluding hydrogens is 321 g/mol. The van der Waals surface area contributed by atoms with Crippen molar-refractivity contribution < 1.29 is 4.39 Å². The van der Waals surface area contributed by atoms with Gasteiger partial charge in [0.05, 0.1) is 0 Å². The predicted octanol–water partition coefficient (Wildman–Crippen LogP) is 7.32. The second-order valence-electron chi connectivity index (χ2n) is 7.39. The zero-order valence-electron chi connectivity index (χ0n) is 16.7. The van der Waals surface area contributed by atoms with Crippen LogP contribution in [0.4, 0.5) is 4.39 Å². The summed E-state index contributed by atoms with van der Waals surface area (Å²) >= 11 is 0. The molecule has 2 heteroatoms. The lowest BCUT2D eigenvalue weighted by atomic mass is 9.98. The van der Waals surface area contributed by atoms with Crippen molar-refractivity contribution >= 4 is 5.71 Å². The van der Waals surface area contributed by atoms with Gasteiger partial charge < -0.3 is 0 Å². The Labute approximate surface area is 159 Å². The molecule has 1 aliphatic rings. The van der Waals surface area contributed by atoms with E-state index in [4.69, 9.17) is 4.99 Å². The van der Waals surface area contributed by atoms with E-state index in [9.17, 15) is 4.39 Å². The van der Waals surface area contributed by atoms with Crippen LogP contribution in [0.3, 0.4) is 0 Å². The van der Waals surface area contributed by atoms with Crippen LogP contribution < -0.4 is 0 Å². The fourth-order valence-corrected chi connectivity index (χ4v) is 2.67. The second kappa shape index (κ2) is 12.4. The first-order valence-corrected chi connectivity index (χ1v) is 9.64. The molecule has 0 aliphatic carbocycles. The van der Waals surface area contributed by atoms with Crippen LogP contribution >= 0.6 is 0 Å². The molecule has 0 spiro atoms. The van der Waals surface area contributed by atoms with Gasteiger partial charge in [-0.2, -0.15) is 0 Å². The Balaban J connectivity index is 3.03. The lowest BCUT2D eigenvalue weighted by Crippen LogP contribution is -2.09. The van der Waals surface area contributed by atoms with Crippen LogP contribution in [0, 0.1) is 11.8 Å². The Kier molecular flexibility index (Phi) is 10.5. The molecule has 0 fully saturated rings. The first-order valence-electron chi connectivity index (χ1n) is 9.64. The van der Waals surface area contributed by atoms with Gasteiger partial charge in [-0.1, -0.05) is 62.8 Å². The number of nitrogens with zero attached hydrogens (tertiary/aromatic N) is 1. The lowest BCUT2D eigenvalue weighted by Gasteiger charge is -2.13. The summed E-state index contributed by atoms with van der Waals surface area (Å²) in [7, 11) is 0. The van der Waals surface area contributed by atoms with E-state index < -0.39 is 0 Å². The van der Waals surface area contributed by atoms with Crippen molar-refractivity contribution in [2.24, 2.45) is 16.8 Å². The molecule has 0 bridgehead atoms. The normalized spacial score (nSPS) is 20.7. The van der Waals surface area contributed by atoms with Crippen LogP contribution in [0.15, 0.2) is 77.7 Å². The summed E-state index contributed by atoms with van der Waals surface area (Å²) in [5, 5.41) is 0. The molecule has 1 nitrogen and oxygen atoms in total. The Morgan fingerprint density at radius 2 is 2.12 bits per heavy atom. The summed E-state index contributed by atoms with van der Waals surface area (Å²) in [4.78, 5) is 4.77. The van der Waals surface area contributed by atoms with Gasteiger partial charge in [-0.15, -0.1) is 6.58 Å². The van der Waals surface area contributed by atoms with Crippen molar-refractivity contribution in [1.82, 2.24) is 0 Å². The highest BCUT2D eigenvalue weighted by Crippen LogP contribution is 2.18. The molecule has 0 radical (unpaired) electrons. The van der Waals surface area contributed by atoms with E-state index >= 15 is 0 Å². The molecule has 0 amide bonds. The summed E-state index contributed by atoms with van der Waals surface area (Å²) in [6, 6.07) is 0. The number of hydrogen-bond acceptors (Lipinski definition) is 1. The number of halogens is 1. The number of hydrogen-bond donors (Lipinski definition) is 0. The summed E-state index contributed by atoms with van der Waals surface area (Å²) in [5.41, 5.74) is 2.68. The van der Waals surface area contributed by atoms with Gasteiger partial charge in [0.2, 0.25) is 0 Å². The van der Waals surface area contributed by atoms with Gasteiger partial charge in [0.1, 0.15) is 5.83 Å². The number of rotatable bonds is 9. The quantitative estimate of drug-likeness (QED) is 0.233. The summed E-state index contributed by atoms with van der Waals surface area (Å²) in [6.07, 6.45) is 18.1. The molecule has 0 aromatic heterocycles. The first-order chi connectivity index (χ1) is 12.4. The standard InChI is InChI=1S/C24H34FN/c1-6-21-12-8-10-14-24(26-18-21)22(13-9-7-11-19(2)3)17-23(25)16-15-20(4)5/h6,8,10,13,15-17,19,21H,1,4,7,9,11-12,14,18H2,2-3,5H3/b10-8-,16-15?,22-13+,23-17+,26-24?. The van der Waals surface area contributed by atoms with E-state index in [-0.39, 0.29) is 5.83 Å². The highest BCUT2D eigenvalue weighted by molar-refractivity contribution is 6.03. The van der Waals surface area contributed by atoms with E-state index in [1.807, 2.05) is 13.0 Å². The number of unbranched alkanes of at least 4 members (excludes halogenated alkanes) is 1. The number of allylic oxidation sites excluding steroid dienone is 9. The van der Waals surface area contributed by atoms with Crippen LogP contribution in [0.5, 0.6) is 0 Å². The van der Waals surface area contributed by atoms with E-state index in [1.54, 1.807) is 12.2 Å². The average molecular weight is 356 g/mol. The van der Waals surface area contributed by atoms with Gasteiger partial charge in [-0.05, 0) is 55.7 Å². The summed E-state index contributed by atoms with van der Waals surface area (Å²) in [5.74, 6) is 0.769. The zero-order valence-corrected chi connectivity index (χ0v) is 16.7. The molecule has 1 heterocycles. The molecule has 1 unspecified atom stereocenters. The fourth-order valence-electron chi connectivity index (χ4n) is 2.67. The first kappa shape index (κ1) is 22.1. The highest BCUT2D eigenvalue weighted by Gasteiger charge is 2.09. The molecule has 0 N–H and O–H groups in total. The van der Waals surface area contributed by atoms with Crippen molar-refractivity contribution in [2.75, 3.05) is 6.54 Å². The molecule has 0 aromatic rings. The zero-order chi connectivity index (χ0) is 19.4. The molecule has 1 aliphatic heterocycles. The molecular formula is C24H34FN. The van der Waals surface area contributed by atoms with Crippen molar-refractivity contribution in [3.05, 3.63) is 72.7 Å². The largest absolute Gasteiger partial charge is 0.288 e.